The fourth-order valence-electron chi connectivity index (χ4n) is 3.44. The quantitative estimate of drug-likeness (QED) is 0.831. The van der Waals surface area contributed by atoms with E-state index in [9.17, 15) is 14.7 Å². The average Bonchev–Trinajstić information content (AvgIpc) is 3.15. The van der Waals surface area contributed by atoms with Gasteiger partial charge in [0.2, 0.25) is 5.91 Å². The molecule has 4 atom stereocenters. The zero-order valence-electron chi connectivity index (χ0n) is 12.9. The van der Waals surface area contributed by atoms with Gasteiger partial charge in [-0.15, -0.1) is 0 Å². The smallest absolute Gasteiger partial charge is 0.230 e. The first-order valence-electron chi connectivity index (χ1n) is 7.44. The molecule has 0 spiro atoms. The molecule has 0 radical (unpaired) electrons. The van der Waals surface area contributed by atoms with Crippen LogP contribution in [0.25, 0.3) is 0 Å². The van der Waals surface area contributed by atoms with E-state index in [1.54, 1.807) is 18.2 Å². The normalized spacial score (nSPS) is 28.4. The van der Waals surface area contributed by atoms with Crippen molar-refractivity contribution >= 4 is 17.6 Å². The number of hydrogen-bond donors (Lipinski definition) is 1. The predicted octanol–water partition coefficient (Wildman–Crippen LogP) is 0.186. The average molecular weight is 320 g/mol. The van der Waals surface area contributed by atoms with Crippen LogP contribution in [0.15, 0.2) is 18.2 Å². The fourth-order valence-corrected chi connectivity index (χ4v) is 3.44. The summed E-state index contributed by atoms with van der Waals surface area (Å²) in [5, 5.41) is 14.1. The summed E-state index contributed by atoms with van der Waals surface area (Å²) in [4.78, 5) is 24.0. The van der Waals surface area contributed by atoms with Gasteiger partial charge in [-0.25, -0.2) is 0 Å². The second-order valence-electron chi connectivity index (χ2n) is 5.72. The number of amides is 1. The molecular formula is C16H18NO6-. The second kappa shape index (κ2) is 6.08. The Bertz CT molecular complexity index is 631. The van der Waals surface area contributed by atoms with Crippen molar-refractivity contribution in [2.45, 2.75) is 25.0 Å². The molecule has 1 aromatic rings. The molecule has 0 unspecified atom stereocenters. The van der Waals surface area contributed by atoms with Gasteiger partial charge in [0, 0.05) is 18.0 Å². The molecular weight excluding hydrogens is 302 g/mol. The summed E-state index contributed by atoms with van der Waals surface area (Å²) >= 11 is 0. The minimum Gasteiger partial charge on any atom is -0.550 e. The highest BCUT2D eigenvalue weighted by Gasteiger charge is 2.52. The van der Waals surface area contributed by atoms with Gasteiger partial charge in [0.05, 0.1) is 38.0 Å². The lowest BCUT2D eigenvalue weighted by atomic mass is 9.78. The van der Waals surface area contributed by atoms with E-state index in [1.807, 2.05) is 0 Å². The molecule has 0 aliphatic carbocycles. The van der Waals surface area contributed by atoms with Crippen molar-refractivity contribution in [3.63, 3.8) is 0 Å². The number of aliphatic carboxylic acids is 1. The highest BCUT2D eigenvalue weighted by atomic mass is 16.5. The number of carboxylic acids is 1. The maximum atomic E-state index is 12.6. The minimum atomic E-state index is -1.24. The standard InChI is InChI=1S/C16H19NO6/c1-21-8-3-4-10(22-2)9(7-8)17-15(18)13-11-5-6-12(23-11)14(13)16(19)20/h3-4,7,11-14H,5-6H2,1-2H3,(H,17,18)(H,19,20)/p-1/t11-,12+,13-,14-/m0/s1. The van der Waals surface area contributed by atoms with Crippen molar-refractivity contribution < 1.29 is 28.9 Å². The highest BCUT2D eigenvalue weighted by molar-refractivity contribution is 5.97. The summed E-state index contributed by atoms with van der Waals surface area (Å²) in [5.74, 6) is -2.29. The van der Waals surface area contributed by atoms with Crippen LogP contribution in [0.4, 0.5) is 5.69 Å². The van der Waals surface area contributed by atoms with Crippen LogP contribution in [0, 0.1) is 11.8 Å². The van der Waals surface area contributed by atoms with Crippen LogP contribution in [0.3, 0.4) is 0 Å². The van der Waals surface area contributed by atoms with Gasteiger partial charge >= 0.3 is 0 Å². The summed E-state index contributed by atoms with van der Waals surface area (Å²) in [5.41, 5.74) is 0.428. The number of carbonyl (C=O) groups is 2. The lowest BCUT2D eigenvalue weighted by molar-refractivity contribution is -0.313. The van der Waals surface area contributed by atoms with Gasteiger partial charge in [0.1, 0.15) is 11.5 Å². The first-order valence-corrected chi connectivity index (χ1v) is 7.44. The Hall–Kier alpha value is -2.28. The van der Waals surface area contributed by atoms with Crippen molar-refractivity contribution in [2.75, 3.05) is 19.5 Å². The van der Waals surface area contributed by atoms with Crippen molar-refractivity contribution in [3.8, 4) is 11.5 Å². The van der Waals surface area contributed by atoms with E-state index in [-0.39, 0.29) is 6.10 Å². The Morgan fingerprint density at radius 3 is 2.48 bits per heavy atom. The summed E-state index contributed by atoms with van der Waals surface area (Å²) in [6.07, 6.45) is 0.518. The number of ether oxygens (including phenoxy) is 3. The van der Waals surface area contributed by atoms with E-state index in [1.165, 1.54) is 14.2 Å². The fraction of sp³-hybridized carbons (Fsp3) is 0.500. The molecule has 2 saturated heterocycles. The maximum Gasteiger partial charge on any atom is 0.230 e. The number of nitrogens with one attached hydrogen (secondary N) is 1. The molecule has 2 aliphatic heterocycles. The van der Waals surface area contributed by atoms with Gasteiger partial charge in [0.15, 0.2) is 0 Å². The van der Waals surface area contributed by atoms with Crippen molar-refractivity contribution in [1.82, 2.24) is 0 Å². The van der Waals surface area contributed by atoms with E-state index in [0.29, 0.717) is 30.0 Å². The van der Waals surface area contributed by atoms with Gasteiger partial charge in [-0.1, -0.05) is 0 Å². The van der Waals surface area contributed by atoms with Crippen LogP contribution in [0.5, 0.6) is 11.5 Å². The number of benzene rings is 1. The molecule has 1 amide bonds. The number of hydrogen-bond acceptors (Lipinski definition) is 6. The molecule has 2 aliphatic rings. The van der Waals surface area contributed by atoms with Crippen molar-refractivity contribution in [1.29, 1.82) is 0 Å². The summed E-state index contributed by atoms with van der Waals surface area (Å²) in [6, 6.07) is 5.00. The Kier molecular flexibility index (Phi) is 4.12. The number of rotatable bonds is 5. The third-order valence-electron chi connectivity index (χ3n) is 4.51. The zero-order chi connectivity index (χ0) is 16.6. The number of fused-ring (bicyclic) bond motifs is 2. The molecule has 7 nitrogen and oxygen atoms in total. The van der Waals surface area contributed by atoms with Crippen molar-refractivity contribution in [3.05, 3.63) is 18.2 Å². The van der Waals surface area contributed by atoms with Crippen LogP contribution in [0.2, 0.25) is 0 Å². The molecule has 0 aromatic heterocycles. The van der Waals surface area contributed by atoms with Crippen LogP contribution >= 0.6 is 0 Å². The van der Waals surface area contributed by atoms with E-state index >= 15 is 0 Å². The van der Waals surface area contributed by atoms with Gasteiger partial charge in [-0.3, -0.25) is 4.79 Å². The summed E-state index contributed by atoms with van der Waals surface area (Å²) in [7, 11) is 3.01. The Morgan fingerprint density at radius 2 is 1.87 bits per heavy atom. The maximum absolute atomic E-state index is 12.6. The van der Waals surface area contributed by atoms with E-state index in [2.05, 4.69) is 5.32 Å². The minimum absolute atomic E-state index is 0.375. The molecule has 2 heterocycles. The molecule has 1 aromatic carbocycles. The molecule has 0 saturated carbocycles. The van der Waals surface area contributed by atoms with Gasteiger partial charge in [-0.05, 0) is 25.0 Å². The topological polar surface area (TPSA) is 96.9 Å². The molecule has 3 rings (SSSR count). The Morgan fingerprint density at radius 1 is 1.17 bits per heavy atom. The third kappa shape index (κ3) is 2.72. The van der Waals surface area contributed by atoms with Crippen LogP contribution in [-0.2, 0) is 14.3 Å². The predicted molar refractivity (Wildman–Crippen MR) is 78.1 cm³/mol. The highest BCUT2D eigenvalue weighted by Crippen LogP contribution is 2.44. The lowest BCUT2D eigenvalue weighted by Crippen LogP contribution is -2.46. The molecule has 23 heavy (non-hydrogen) atoms. The van der Waals surface area contributed by atoms with Gasteiger partial charge in [-0.2, -0.15) is 0 Å². The molecule has 124 valence electrons. The van der Waals surface area contributed by atoms with Gasteiger partial charge in [0.25, 0.3) is 0 Å². The van der Waals surface area contributed by atoms with Crippen LogP contribution in [0.1, 0.15) is 12.8 Å². The summed E-state index contributed by atoms with van der Waals surface area (Å²) < 4.78 is 15.9. The number of anilines is 1. The second-order valence-corrected chi connectivity index (χ2v) is 5.72. The molecule has 2 bridgehead atoms. The first-order chi connectivity index (χ1) is 11.0. The Labute approximate surface area is 133 Å². The monoisotopic (exact) mass is 320 g/mol. The van der Waals surface area contributed by atoms with Gasteiger partial charge < -0.3 is 29.4 Å². The van der Waals surface area contributed by atoms with Crippen LogP contribution < -0.4 is 19.9 Å². The molecule has 7 heteroatoms. The van der Waals surface area contributed by atoms with E-state index in [0.717, 1.165) is 0 Å². The molecule has 2 fully saturated rings. The van der Waals surface area contributed by atoms with Crippen LogP contribution in [-0.4, -0.2) is 38.3 Å². The van der Waals surface area contributed by atoms with E-state index < -0.39 is 29.8 Å². The summed E-state index contributed by atoms with van der Waals surface area (Å²) in [6.45, 7) is 0. The zero-order valence-corrected chi connectivity index (χ0v) is 12.9. The van der Waals surface area contributed by atoms with Crippen molar-refractivity contribution in [2.24, 2.45) is 11.8 Å². The first kappa shape index (κ1) is 15.6. The van der Waals surface area contributed by atoms with E-state index in [4.69, 9.17) is 14.2 Å². The third-order valence-corrected chi connectivity index (χ3v) is 4.51. The number of methoxy groups -OCH3 is 2. The SMILES string of the molecule is COc1ccc(OC)c(NC(=O)[C@@H]2[C@@H](C(=O)[O-])[C@H]3CC[C@@H]2O3)c1. The number of carboxylic acid groups (broad SMARTS) is 1. The number of carbonyl (C=O) groups excluding carboxylic acids is 2. The Balaban J connectivity index is 1.83. The lowest BCUT2D eigenvalue weighted by Gasteiger charge is -2.27. The largest absolute Gasteiger partial charge is 0.550 e. The molecule has 1 N–H and O–H groups in total.